The first-order chi connectivity index (χ1) is 3.25. The minimum Gasteiger partial charge on any atom is -1.00 e. The van der Waals surface area contributed by atoms with Crippen molar-refractivity contribution in [1.82, 2.24) is 0 Å². The molecule has 0 bridgehead atoms. The molecule has 0 fully saturated rings. The van der Waals surface area contributed by atoms with Crippen LogP contribution in [0.15, 0.2) is 0 Å². The molecule has 5 heteroatoms. The van der Waals surface area contributed by atoms with Crippen LogP contribution >= 0.6 is 0 Å². The number of rotatable bonds is 0. The number of quaternary nitrogens is 1. The summed E-state index contributed by atoms with van der Waals surface area (Å²) < 4.78 is 33.6. The van der Waals surface area contributed by atoms with E-state index in [2.05, 4.69) is 0 Å². The first-order valence-electron chi connectivity index (χ1n) is 2.13. The molecule has 0 aromatic rings. The molecule has 0 saturated carbocycles. The topological polar surface area (TPSA) is 0 Å². The summed E-state index contributed by atoms with van der Waals surface area (Å²) in [6.07, 6.45) is -4.12. The van der Waals surface area contributed by atoms with Gasteiger partial charge in [-0.15, -0.1) is 13.2 Å². The first-order valence-corrected chi connectivity index (χ1v) is 2.13. The molecule has 0 amide bonds. The second-order valence-electron chi connectivity index (χ2n) is 2.48. The molecule has 1 nitrogen and oxygen atoms in total. The zero-order valence-electron chi connectivity index (χ0n) is 5.46. The molecule has 0 aliphatic carbocycles. The Bertz CT molecular complexity index is 67.5. The van der Waals surface area contributed by atoms with E-state index in [-0.39, 0.29) is 4.70 Å². The van der Waals surface area contributed by atoms with Crippen molar-refractivity contribution in [3.05, 3.63) is 0 Å². The summed E-state index contributed by atoms with van der Waals surface area (Å²) >= 11 is 0. The summed E-state index contributed by atoms with van der Waals surface area (Å²) in [5.41, 5.74) is 0. The van der Waals surface area contributed by atoms with Crippen LogP contribution < -0.4 is 4.70 Å². The van der Waals surface area contributed by atoms with Crippen LogP contribution in [0.3, 0.4) is 0 Å². The summed E-state index contributed by atoms with van der Waals surface area (Å²) in [5.74, 6) is 0. The van der Waals surface area contributed by atoms with Gasteiger partial charge in [0.25, 0.3) is 0 Å². The summed E-state index contributed by atoms with van der Waals surface area (Å²) in [7, 11) is 3.25. The Hall–Kier alpha value is -0.320. The summed E-state index contributed by atoms with van der Waals surface area (Å²) in [6.45, 7) is 0. The van der Waals surface area contributed by atoms with E-state index < -0.39 is 10.8 Å². The predicted molar refractivity (Wildman–Crippen MR) is 24.1 cm³/mol. The maximum atomic E-state index is 11.5. The minimum absolute atomic E-state index is 0. The zero-order valence-corrected chi connectivity index (χ0v) is 5.46. The minimum atomic E-state index is -4.12. The van der Waals surface area contributed by atoms with Crippen molar-refractivity contribution in [2.45, 2.75) is 6.30 Å². The normalized spacial score (nSPS) is 12.7. The highest BCUT2D eigenvalue weighted by Gasteiger charge is 2.44. The molecule has 0 aromatic carbocycles. The van der Waals surface area contributed by atoms with E-state index in [1.165, 1.54) is 0 Å². The van der Waals surface area contributed by atoms with E-state index in [1.807, 2.05) is 0 Å². The highest BCUT2D eigenvalue weighted by Crippen LogP contribution is 2.22. The van der Waals surface area contributed by atoms with E-state index in [1.54, 1.807) is 0 Å². The molecule has 0 atom stereocenters. The molecule has 0 N–H and O–H groups in total. The molecule has 0 aromatic heterocycles. The lowest BCUT2D eigenvalue weighted by molar-refractivity contribution is -0.981. The van der Waals surface area contributed by atoms with Gasteiger partial charge in [-0.3, -0.25) is 0 Å². The lowest BCUT2D eigenvalue weighted by atomic mass is 10.7. The zero-order chi connectivity index (χ0) is 7.00. The fraction of sp³-hybridized carbons (Fsp3) is 1.00. The summed E-state index contributed by atoms with van der Waals surface area (Å²) in [6, 6.07) is 0. The number of nitrogens with zero attached hydrogens (tertiary/aromatic N) is 1. The Kier molecular flexibility index (Phi) is 3.20. The van der Waals surface area contributed by atoms with Crippen LogP contribution in [0.2, 0.25) is 0 Å². The van der Waals surface area contributed by atoms with Crippen LogP contribution in [-0.2, 0) is 0 Å². The molecule has 0 saturated heterocycles. The average molecular weight is 147 g/mol. The molecule has 0 spiro atoms. The summed E-state index contributed by atoms with van der Waals surface area (Å²) in [4.78, 5) is 0. The van der Waals surface area contributed by atoms with Crippen molar-refractivity contribution < 1.29 is 22.4 Å². The van der Waals surface area contributed by atoms with Gasteiger partial charge in [-0.25, -0.2) is 4.48 Å². The molecular formula is C4H9F4N. The number of hydrogen-bond acceptors (Lipinski definition) is 0. The van der Waals surface area contributed by atoms with Gasteiger partial charge in [-0.2, -0.15) is 0 Å². The van der Waals surface area contributed by atoms with Crippen molar-refractivity contribution in [3.63, 3.8) is 0 Å². The van der Waals surface area contributed by atoms with Gasteiger partial charge in [0, 0.05) is 0 Å². The van der Waals surface area contributed by atoms with Crippen LogP contribution in [0.25, 0.3) is 0 Å². The van der Waals surface area contributed by atoms with Crippen molar-refractivity contribution in [1.29, 1.82) is 0 Å². The van der Waals surface area contributed by atoms with E-state index in [0.717, 1.165) is 21.1 Å². The van der Waals surface area contributed by atoms with Crippen LogP contribution in [0.5, 0.6) is 0 Å². The smallest absolute Gasteiger partial charge is 0.560 e. The molecule has 58 valence electrons. The van der Waals surface area contributed by atoms with E-state index in [0.29, 0.717) is 0 Å². The van der Waals surface area contributed by atoms with Crippen LogP contribution in [0.1, 0.15) is 0 Å². The average Bonchev–Trinajstić information content (AvgIpc) is 1.25. The molecular weight excluding hydrogens is 138 g/mol. The third kappa shape index (κ3) is 3.29. The van der Waals surface area contributed by atoms with Crippen molar-refractivity contribution in [2.75, 3.05) is 21.1 Å². The van der Waals surface area contributed by atoms with Gasteiger partial charge in [0.05, 0.1) is 21.1 Å². The molecule has 0 aliphatic rings. The van der Waals surface area contributed by atoms with E-state index in [9.17, 15) is 13.2 Å². The fourth-order valence-corrected chi connectivity index (χ4v) is 0. The highest BCUT2D eigenvalue weighted by molar-refractivity contribution is 4.22. The Morgan fingerprint density at radius 2 is 1.11 bits per heavy atom. The SMILES string of the molecule is C[N+](C)(C)C(F)(F)F.[F-]. The van der Waals surface area contributed by atoms with Crippen molar-refractivity contribution in [3.8, 4) is 0 Å². The molecule has 0 radical (unpaired) electrons. The molecule has 0 heterocycles. The molecule has 0 aliphatic heterocycles. The van der Waals surface area contributed by atoms with Crippen molar-refractivity contribution >= 4 is 0 Å². The third-order valence-electron chi connectivity index (χ3n) is 0.761. The largest absolute Gasteiger partial charge is 1.00 e. The van der Waals surface area contributed by atoms with Gasteiger partial charge in [0.15, 0.2) is 0 Å². The van der Waals surface area contributed by atoms with Gasteiger partial charge >= 0.3 is 6.30 Å². The Labute approximate surface area is 51.0 Å². The highest BCUT2D eigenvalue weighted by atomic mass is 19.4. The van der Waals surface area contributed by atoms with E-state index in [4.69, 9.17) is 0 Å². The fourth-order valence-electron chi connectivity index (χ4n) is 0. The van der Waals surface area contributed by atoms with Crippen molar-refractivity contribution in [2.24, 2.45) is 0 Å². The van der Waals surface area contributed by atoms with Gasteiger partial charge in [0.2, 0.25) is 0 Å². The lowest BCUT2D eigenvalue weighted by Crippen LogP contribution is -3.00. The van der Waals surface area contributed by atoms with Gasteiger partial charge in [-0.1, -0.05) is 0 Å². The first kappa shape index (κ1) is 11.5. The second kappa shape index (κ2) is 2.51. The lowest BCUT2D eigenvalue weighted by Gasteiger charge is -2.24. The number of hydrogen-bond donors (Lipinski definition) is 0. The quantitative estimate of drug-likeness (QED) is 0.216. The summed E-state index contributed by atoms with van der Waals surface area (Å²) in [5, 5.41) is 0. The van der Waals surface area contributed by atoms with Gasteiger partial charge < -0.3 is 4.70 Å². The van der Waals surface area contributed by atoms with Crippen LogP contribution in [-0.4, -0.2) is 31.9 Å². The maximum absolute atomic E-state index is 11.5. The monoisotopic (exact) mass is 147 g/mol. The maximum Gasteiger partial charge on any atom is 0.560 e. The Morgan fingerprint density at radius 3 is 1.11 bits per heavy atom. The number of alkyl halides is 3. The molecule has 0 rings (SSSR count). The van der Waals surface area contributed by atoms with Crippen LogP contribution in [0, 0.1) is 0 Å². The van der Waals surface area contributed by atoms with E-state index >= 15 is 0 Å². The van der Waals surface area contributed by atoms with Crippen LogP contribution in [0.4, 0.5) is 13.2 Å². The molecule has 9 heavy (non-hydrogen) atoms. The Balaban J connectivity index is 0. The predicted octanol–water partition coefficient (Wildman–Crippen LogP) is -1.78. The van der Waals surface area contributed by atoms with Gasteiger partial charge in [0.1, 0.15) is 0 Å². The standard InChI is InChI=1S/C4H9F3N.FH/c1-8(2,3)4(5,6)7;/h1-3H3;1H/q+1;/p-1. The second-order valence-corrected chi connectivity index (χ2v) is 2.48. The Morgan fingerprint density at radius 1 is 1.00 bits per heavy atom. The third-order valence-corrected chi connectivity index (χ3v) is 0.761. The van der Waals surface area contributed by atoms with Gasteiger partial charge in [-0.05, 0) is 0 Å². The molecule has 0 unspecified atom stereocenters. The number of halogens is 4.